The van der Waals surface area contributed by atoms with Crippen LogP contribution in [0.3, 0.4) is 0 Å². The zero-order chi connectivity index (χ0) is 9.97. The lowest BCUT2D eigenvalue weighted by Crippen LogP contribution is -1.98. The van der Waals surface area contributed by atoms with Gasteiger partial charge in [-0.15, -0.1) is 0 Å². The first-order valence-electron chi connectivity index (χ1n) is 4.19. The number of carbonyl (C=O) groups is 1. The Bertz CT molecular complexity index is 433. The fourth-order valence-corrected chi connectivity index (χ4v) is 1.28. The molecule has 0 aliphatic carbocycles. The van der Waals surface area contributed by atoms with Gasteiger partial charge in [0.15, 0.2) is 0 Å². The lowest BCUT2D eigenvalue weighted by Gasteiger charge is -2.02. The summed E-state index contributed by atoms with van der Waals surface area (Å²) in [4.78, 5) is 10.7. The van der Waals surface area contributed by atoms with Crippen LogP contribution < -0.4 is 5.32 Å². The smallest absolute Gasteiger partial charge is 0.335 e. The summed E-state index contributed by atoms with van der Waals surface area (Å²) in [6.45, 7) is 0. The number of nitrogens with zero attached hydrogens (tertiary/aromatic N) is 1. The van der Waals surface area contributed by atoms with Crippen LogP contribution >= 0.6 is 0 Å². The third-order valence-corrected chi connectivity index (χ3v) is 1.96. The summed E-state index contributed by atoms with van der Waals surface area (Å²) in [6, 6.07) is 6.74. The van der Waals surface area contributed by atoms with Gasteiger partial charge in [-0.3, -0.25) is 5.32 Å². The highest BCUT2D eigenvalue weighted by atomic mass is 16.4. The number of hydrogen-bond acceptors (Lipinski definition) is 1. The molecule has 0 saturated heterocycles. The van der Waals surface area contributed by atoms with Gasteiger partial charge < -0.3 is 5.11 Å². The van der Waals surface area contributed by atoms with Gasteiger partial charge in [0.2, 0.25) is 0 Å². The van der Waals surface area contributed by atoms with Gasteiger partial charge in [0.1, 0.15) is 0 Å². The number of aromatic carboxylic acids is 1. The summed E-state index contributed by atoms with van der Waals surface area (Å²) in [5, 5.41) is 12.9. The summed E-state index contributed by atoms with van der Waals surface area (Å²) in [5.74, 6) is -0.918. The molecule has 0 aromatic heterocycles. The third kappa shape index (κ3) is 1.52. The van der Waals surface area contributed by atoms with Crippen molar-refractivity contribution < 1.29 is 9.90 Å². The molecule has 2 rings (SSSR count). The first-order chi connectivity index (χ1) is 6.77. The van der Waals surface area contributed by atoms with Gasteiger partial charge in [0.25, 0.3) is 0 Å². The molecule has 0 saturated carbocycles. The minimum atomic E-state index is -0.918. The van der Waals surface area contributed by atoms with Crippen molar-refractivity contribution in [1.82, 2.24) is 5.32 Å². The normalized spacial score (nSPS) is 13.6. The number of rotatable bonds is 2. The van der Waals surface area contributed by atoms with Crippen LogP contribution in [-0.2, 0) is 0 Å². The van der Waals surface area contributed by atoms with Crippen molar-refractivity contribution in [2.24, 2.45) is 0 Å². The van der Waals surface area contributed by atoms with Gasteiger partial charge in [-0.05, 0) is 24.3 Å². The van der Waals surface area contributed by atoms with Crippen LogP contribution in [0.4, 0.5) is 0 Å². The van der Waals surface area contributed by atoms with Gasteiger partial charge in [0, 0.05) is 11.8 Å². The summed E-state index contributed by atoms with van der Waals surface area (Å²) in [6.07, 6.45) is 5.35. The molecule has 1 aromatic rings. The SMILES string of the molecule is O=C(O)c1cccc(C2=CC=C[N]2)c1. The number of carboxylic acid groups (broad SMARTS) is 1. The summed E-state index contributed by atoms with van der Waals surface area (Å²) < 4.78 is 0. The minimum absolute atomic E-state index is 0.283. The summed E-state index contributed by atoms with van der Waals surface area (Å²) in [5.41, 5.74) is 1.91. The van der Waals surface area contributed by atoms with Crippen molar-refractivity contribution in [3.05, 3.63) is 53.7 Å². The van der Waals surface area contributed by atoms with Crippen LogP contribution in [0.2, 0.25) is 0 Å². The van der Waals surface area contributed by atoms with Crippen molar-refractivity contribution in [2.45, 2.75) is 0 Å². The molecule has 1 heterocycles. The Hall–Kier alpha value is -2.03. The number of benzene rings is 1. The molecule has 1 N–H and O–H groups in total. The van der Waals surface area contributed by atoms with Gasteiger partial charge in [0.05, 0.1) is 11.3 Å². The van der Waals surface area contributed by atoms with Gasteiger partial charge in [-0.25, -0.2) is 4.79 Å². The molecule has 0 atom stereocenters. The monoisotopic (exact) mass is 186 g/mol. The zero-order valence-corrected chi connectivity index (χ0v) is 7.34. The Morgan fingerprint density at radius 3 is 2.86 bits per heavy atom. The Morgan fingerprint density at radius 2 is 2.21 bits per heavy atom. The summed E-state index contributed by atoms with van der Waals surface area (Å²) >= 11 is 0. The van der Waals surface area contributed by atoms with E-state index in [0.29, 0.717) is 0 Å². The van der Waals surface area contributed by atoms with E-state index in [0.717, 1.165) is 11.3 Å². The van der Waals surface area contributed by atoms with E-state index >= 15 is 0 Å². The van der Waals surface area contributed by atoms with E-state index in [1.807, 2.05) is 18.2 Å². The van der Waals surface area contributed by atoms with E-state index in [9.17, 15) is 4.79 Å². The molecule has 0 bridgehead atoms. The Kier molecular flexibility index (Phi) is 2.07. The molecule has 69 valence electrons. The number of allylic oxidation sites excluding steroid dienone is 2. The van der Waals surface area contributed by atoms with Crippen LogP contribution in [-0.4, -0.2) is 11.1 Å². The molecular weight excluding hydrogens is 178 g/mol. The van der Waals surface area contributed by atoms with E-state index in [2.05, 4.69) is 5.32 Å². The first-order valence-corrected chi connectivity index (χ1v) is 4.19. The van der Waals surface area contributed by atoms with Crippen LogP contribution in [0.15, 0.2) is 42.6 Å². The average molecular weight is 186 g/mol. The van der Waals surface area contributed by atoms with Gasteiger partial charge >= 0.3 is 5.97 Å². The average Bonchev–Trinajstić information content (AvgIpc) is 2.71. The second-order valence-electron chi connectivity index (χ2n) is 2.91. The zero-order valence-electron chi connectivity index (χ0n) is 7.34. The van der Waals surface area contributed by atoms with Crippen LogP contribution in [0.5, 0.6) is 0 Å². The van der Waals surface area contributed by atoms with Crippen LogP contribution in [0.1, 0.15) is 15.9 Å². The quantitative estimate of drug-likeness (QED) is 0.766. The molecule has 14 heavy (non-hydrogen) atoms. The molecule has 0 spiro atoms. The topological polar surface area (TPSA) is 51.4 Å². The second-order valence-corrected chi connectivity index (χ2v) is 2.91. The molecule has 1 aliphatic rings. The molecule has 3 heteroatoms. The Balaban J connectivity index is 2.35. The standard InChI is InChI=1S/C11H8NO2/c13-11(14)9-4-1-3-8(7-9)10-5-2-6-12-10/h1-7H,(H,13,14). The maximum atomic E-state index is 10.7. The number of hydrogen-bond donors (Lipinski definition) is 1. The molecule has 1 radical (unpaired) electrons. The molecule has 0 fully saturated rings. The highest BCUT2D eigenvalue weighted by Crippen LogP contribution is 2.17. The molecule has 1 aromatic carbocycles. The van der Waals surface area contributed by atoms with E-state index in [-0.39, 0.29) is 5.56 Å². The van der Waals surface area contributed by atoms with E-state index < -0.39 is 5.97 Å². The minimum Gasteiger partial charge on any atom is -0.478 e. The van der Waals surface area contributed by atoms with Crippen molar-refractivity contribution in [1.29, 1.82) is 0 Å². The molecule has 1 aliphatic heterocycles. The van der Waals surface area contributed by atoms with E-state index in [1.165, 1.54) is 0 Å². The predicted molar refractivity (Wildman–Crippen MR) is 52.7 cm³/mol. The maximum absolute atomic E-state index is 10.7. The van der Waals surface area contributed by atoms with Crippen molar-refractivity contribution >= 4 is 11.7 Å². The molecule has 0 unspecified atom stereocenters. The van der Waals surface area contributed by atoms with Gasteiger partial charge in [-0.2, -0.15) is 0 Å². The fraction of sp³-hybridized carbons (Fsp3) is 0. The highest BCUT2D eigenvalue weighted by molar-refractivity contribution is 5.89. The Labute approximate surface area is 81.4 Å². The summed E-state index contributed by atoms with van der Waals surface area (Å²) in [7, 11) is 0. The first kappa shape index (κ1) is 8.56. The highest BCUT2D eigenvalue weighted by Gasteiger charge is 2.07. The molecule has 0 amide bonds. The predicted octanol–water partition coefficient (Wildman–Crippen LogP) is 1.86. The molecular formula is C11H8NO2. The van der Waals surface area contributed by atoms with Crippen molar-refractivity contribution in [2.75, 3.05) is 0 Å². The van der Waals surface area contributed by atoms with Crippen molar-refractivity contribution in [3.63, 3.8) is 0 Å². The van der Waals surface area contributed by atoms with E-state index in [1.54, 1.807) is 24.4 Å². The third-order valence-electron chi connectivity index (χ3n) is 1.96. The molecule has 3 nitrogen and oxygen atoms in total. The lowest BCUT2D eigenvalue weighted by molar-refractivity contribution is 0.0697. The van der Waals surface area contributed by atoms with Crippen LogP contribution in [0, 0.1) is 0 Å². The Morgan fingerprint density at radius 1 is 1.36 bits per heavy atom. The lowest BCUT2D eigenvalue weighted by atomic mass is 10.1. The fourth-order valence-electron chi connectivity index (χ4n) is 1.28. The van der Waals surface area contributed by atoms with E-state index in [4.69, 9.17) is 5.11 Å². The maximum Gasteiger partial charge on any atom is 0.335 e. The number of carboxylic acids is 1. The van der Waals surface area contributed by atoms with Crippen LogP contribution in [0.25, 0.3) is 5.70 Å². The second kappa shape index (κ2) is 3.38. The largest absolute Gasteiger partial charge is 0.478 e. The van der Waals surface area contributed by atoms with Gasteiger partial charge in [-0.1, -0.05) is 12.1 Å². The van der Waals surface area contributed by atoms with Crippen molar-refractivity contribution in [3.8, 4) is 0 Å².